The lowest BCUT2D eigenvalue weighted by Gasteiger charge is -2.27. The topological polar surface area (TPSA) is 38.8 Å². The zero-order chi connectivity index (χ0) is 16.5. The summed E-state index contributed by atoms with van der Waals surface area (Å²) in [5.41, 5.74) is -0.297. The minimum Gasteiger partial charge on any atom is -0.395 e. The summed E-state index contributed by atoms with van der Waals surface area (Å²) in [6.07, 6.45) is 1.08. The molecule has 126 valence electrons. The zero-order valence-corrected chi connectivity index (χ0v) is 16.6. The Morgan fingerprint density at radius 1 is 1.19 bits per heavy atom. The van der Waals surface area contributed by atoms with Gasteiger partial charge in [0.15, 0.2) is 0 Å². The second kappa shape index (κ2) is 9.87. The molecule has 21 heavy (non-hydrogen) atoms. The molecule has 0 aromatic carbocycles. The summed E-state index contributed by atoms with van der Waals surface area (Å²) in [5, 5.41) is 0. The summed E-state index contributed by atoms with van der Waals surface area (Å²) in [4.78, 5) is 13.7. The summed E-state index contributed by atoms with van der Waals surface area (Å²) in [7, 11) is 1.66. The molecule has 0 atom stereocenters. The van der Waals surface area contributed by atoms with E-state index in [0.29, 0.717) is 0 Å². The first kappa shape index (κ1) is 21.0. The molecule has 0 saturated carbocycles. The van der Waals surface area contributed by atoms with E-state index >= 15 is 0 Å². The number of hydrogen-bond donors (Lipinski definition) is 0. The average Bonchev–Trinajstić information content (AvgIpc) is 2.37. The first-order chi connectivity index (χ1) is 9.68. The van der Waals surface area contributed by atoms with Crippen molar-refractivity contribution < 1.29 is 13.6 Å². The average molecular weight is 336 g/mol. The van der Waals surface area contributed by atoms with Crippen LogP contribution in [-0.4, -0.2) is 58.2 Å². The van der Waals surface area contributed by atoms with Gasteiger partial charge in [0.05, 0.1) is 5.41 Å². The maximum atomic E-state index is 12.0. The fourth-order valence-corrected chi connectivity index (χ4v) is 6.08. The highest BCUT2D eigenvalue weighted by Crippen LogP contribution is 2.25. The molecule has 0 aromatic heterocycles. The molecule has 0 spiro atoms. The standard InChI is InChI=1S/C15H33NO3SSi/c1-8-18-21(7,19-9-2)12-10-11-20-13-15(3,4)14(17)16(5)6/h8-13H2,1-7H3. The normalized spacial score (nSPS) is 12.5. The van der Waals surface area contributed by atoms with Crippen LogP contribution in [0, 0.1) is 5.41 Å². The van der Waals surface area contributed by atoms with E-state index in [1.54, 1.807) is 4.90 Å². The Hall–Kier alpha value is -0.0431. The molecule has 0 heterocycles. The lowest BCUT2D eigenvalue weighted by atomic mass is 9.95. The lowest BCUT2D eigenvalue weighted by molar-refractivity contribution is -0.136. The van der Waals surface area contributed by atoms with Gasteiger partial charge in [0.1, 0.15) is 0 Å². The van der Waals surface area contributed by atoms with Gasteiger partial charge in [-0.1, -0.05) is 13.8 Å². The highest BCUT2D eigenvalue weighted by Gasteiger charge is 2.31. The molecule has 0 fully saturated rings. The molecule has 0 radical (unpaired) electrons. The van der Waals surface area contributed by atoms with E-state index in [0.717, 1.165) is 37.2 Å². The fraction of sp³-hybridized carbons (Fsp3) is 0.933. The molecule has 4 nitrogen and oxygen atoms in total. The van der Waals surface area contributed by atoms with E-state index in [9.17, 15) is 4.79 Å². The van der Waals surface area contributed by atoms with Crippen LogP contribution in [0.25, 0.3) is 0 Å². The van der Waals surface area contributed by atoms with Gasteiger partial charge >= 0.3 is 8.56 Å². The SMILES string of the molecule is CCO[Si](C)(CCCSCC(C)(C)C(=O)N(C)C)OCC. The number of carbonyl (C=O) groups is 1. The van der Waals surface area contributed by atoms with Crippen molar-refractivity contribution in [2.75, 3.05) is 38.8 Å². The van der Waals surface area contributed by atoms with Crippen LogP contribution < -0.4 is 0 Å². The van der Waals surface area contributed by atoms with Gasteiger partial charge in [-0.25, -0.2) is 0 Å². The molecular weight excluding hydrogens is 302 g/mol. The van der Waals surface area contributed by atoms with Gasteiger partial charge < -0.3 is 13.8 Å². The first-order valence-electron chi connectivity index (χ1n) is 7.76. The Balaban J connectivity index is 4.07. The number of nitrogens with zero attached hydrogens (tertiary/aromatic N) is 1. The van der Waals surface area contributed by atoms with Crippen molar-refractivity contribution in [3.05, 3.63) is 0 Å². The Bertz CT molecular complexity index is 305. The molecule has 0 unspecified atom stereocenters. The smallest absolute Gasteiger partial charge is 0.334 e. The predicted molar refractivity (Wildman–Crippen MR) is 94.1 cm³/mol. The van der Waals surface area contributed by atoms with Gasteiger partial charge in [-0.2, -0.15) is 11.8 Å². The van der Waals surface area contributed by atoms with Crippen LogP contribution in [0.1, 0.15) is 34.1 Å². The Kier molecular flexibility index (Phi) is 9.85. The molecule has 0 rings (SSSR count). The largest absolute Gasteiger partial charge is 0.395 e. The quantitative estimate of drug-likeness (QED) is 0.429. The minimum atomic E-state index is -1.97. The number of amides is 1. The van der Waals surface area contributed by atoms with Crippen molar-refractivity contribution in [3.63, 3.8) is 0 Å². The van der Waals surface area contributed by atoms with Gasteiger partial charge in [0, 0.05) is 33.1 Å². The molecule has 0 N–H and O–H groups in total. The summed E-state index contributed by atoms with van der Waals surface area (Å²) in [6, 6.07) is 1.02. The van der Waals surface area contributed by atoms with Crippen LogP contribution >= 0.6 is 11.8 Å². The van der Waals surface area contributed by atoms with Gasteiger partial charge in [-0.3, -0.25) is 4.79 Å². The van der Waals surface area contributed by atoms with Gasteiger partial charge in [0.2, 0.25) is 5.91 Å². The van der Waals surface area contributed by atoms with Crippen LogP contribution in [0.5, 0.6) is 0 Å². The third kappa shape index (κ3) is 8.23. The third-order valence-electron chi connectivity index (χ3n) is 3.27. The van der Waals surface area contributed by atoms with Crippen molar-refractivity contribution in [1.29, 1.82) is 0 Å². The van der Waals surface area contributed by atoms with E-state index in [1.807, 2.05) is 53.6 Å². The Labute approximate surface area is 136 Å². The lowest BCUT2D eigenvalue weighted by Crippen LogP contribution is -2.39. The second-order valence-corrected chi connectivity index (χ2v) is 10.7. The summed E-state index contributed by atoms with van der Waals surface area (Å²) in [5.74, 6) is 2.09. The maximum Gasteiger partial charge on any atom is 0.334 e. The number of hydrogen-bond acceptors (Lipinski definition) is 4. The van der Waals surface area contributed by atoms with Crippen LogP contribution in [0.4, 0.5) is 0 Å². The highest BCUT2D eigenvalue weighted by molar-refractivity contribution is 7.99. The van der Waals surface area contributed by atoms with Crippen molar-refractivity contribution in [3.8, 4) is 0 Å². The van der Waals surface area contributed by atoms with Gasteiger partial charge in [-0.15, -0.1) is 0 Å². The number of thioether (sulfide) groups is 1. The van der Waals surface area contributed by atoms with E-state index in [4.69, 9.17) is 8.85 Å². The minimum absolute atomic E-state index is 0.192. The van der Waals surface area contributed by atoms with E-state index in [-0.39, 0.29) is 11.3 Å². The van der Waals surface area contributed by atoms with Crippen molar-refractivity contribution in [1.82, 2.24) is 4.90 Å². The van der Waals surface area contributed by atoms with Crippen molar-refractivity contribution >= 4 is 26.2 Å². The predicted octanol–water partition coefficient (Wildman–Crippen LogP) is 3.37. The first-order valence-corrected chi connectivity index (χ1v) is 11.4. The van der Waals surface area contributed by atoms with Crippen LogP contribution in [0.3, 0.4) is 0 Å². The zero-order valence-electron chi connectivity index (χ0n) is 14.8. The highest BCUT2D eigenvalue weighted by atomic mass is 32.2. The van der Waals surface area contributed by atoms with Crippen molar-refractivity contribution in [2.45, 2.75) is 46.7 Å². The van der Waals surface area contributed by atoms with Gasteiger partial charge in [0.25, 0.3) is 0 Å². The molecule has 0 aliphatic rings. The Morgan fingerprint density at radius 2 is 1.71 bits per heavy atom. The maximum absolute atomic E-state index is 12.0. The molecule has 0 aromatic rings. The fourth-order valence-electron chi connectivity index (χ4n) is 2.29. The molecule has 0 bridgehead atoms. The number of rotatable bonds is 11. The summed E-state index contributed by atoms with van der Waals surface area (Å²) < 4.78 is 11.7. The Morgan fingerprint density at radius 3 is 2.14 bits per heavy atom. The van der Waals surface area contributed by atoms with E-state index < -0.39 is 8.56 Å². The molecule has 1 amide bonds. The number of carbonyl (C=O) groups excluding carboxylic acids is 1. The van der Waals surface area contributed by atoms with E-state index in [1.165, 1.54) is 0 Å². The molecular formula is C15H33NO3SSi. The molecule has 6 heteroatoms. The molecule has 0 aliphatic heterocycles. The van der Waals surface area contributed by atoms with Gasteiger partial charge in [-0.05, 0) is 38.6 Å². The second-order valence-electron chi connectivity index (χ2n) is 6.24. The molecule has 0 aliphatic carbocycles. The van der Waals surface area contributed by atoms with Crippen LogP contribution in [0.15, 0.2) is 0 Å². The van der Waals surface area contributed by atoms with Crippen LogP contribution in [0.2, 0.25) is 12.6 Å². The summed E-state index contributed by atoms with van der Waals surface area (Å²) in [6.45, 7) is 11.7. The summed E-state index contributed by atoms with van der Waals surface area (Å²) >= 11 is 1.85. The monoisotopic (exact) mass is 335 g/mol. The van der Waals surface area contributed by atoms with Crippen molar-refractivity contribution in [2.24, 2.45) is 5.41 Å². The van der Waals surface area contributed by atoms with Crippen LogP contribution in [-0.2, 0) is 13.6 Å². The molecule has 0 saturated heterocycles. The third-order valence-corrected chi connectivity index (χ3v) is 7.83. The van der Waals surface area contributed by atoms with E-state index in [2.05, 4.69) is 6.55 Å².